The molecule has 72 valence electrons. The molecule has 0 saturated carbocycles. The van der Waals surface area contributed by atoms with E-state index in [1.54, 1.807) is 0 Å². The lowest BCUT2D eigenvalue weighted by molar-refractivity contribution is 0.823. The van der Waals surface area contributed by atoms with Crippen molar-refractivity contribution in [2.75, 3.05) is 0 Å². The van der Waals surface area contributed by atoms with Gasteiger partial charge in [0.25, 0.3) is 0 Å². The SMILES string of the molecule is O.O.O.O.O.O.[Br][Al]([Br])[Br]. The molecular formula is H12AlBr3O6. The van der Waals surface area contributed by atoms with Crippen molar-refractivity contribution in [2.45, 2.75) is 0 Å². The highest BCUT2D eigenvalue weighted by Crippen LogP contribution is 2.07. The van der Waals surface area contributed by atoms with E-state index in [4.69, 9.17) is 0 Å². The Morgan fingerprint density at radius 2 is 0.500 bits per heavy atom. The molecule has 0 rings (SSSR count). The van der Waals surface area contributed by atoms with Crippen molar-refractivity contribution in [1.82, 2.24) is 0 Å². The molecule has 0 unspecified atom stereocenters. The standard InChI is InChI=1S/Al.3BrH.6H2O/h;3*1H;6*1H2/q+3;;;;;;;;;/p-3. The van der Waals surface area contributed by atoms with Crippen LogP contribution in [0.4, 0.5) is 0 Å². The predicted molar refractivity (Wildman–Crippen MR) is 54.2 cm³/mol. The molecule has 0 radical (unpaired) electrons. The van der Waals surface area contributed by atoms with Crippen molar-refractivity contribution in [3.8, 4) is 0 Å². The molecule has 10 heteroatoms. The first kappa shape index (κ1) is 60.3. The molecule has 0 aromatic heterocycles. The topological polar surface area (TPSA) is 189 Å². The van der Waals surface area contributed by atoms with E-state index in [9.17, 15) is 0 Å². The van der Waals surface area contributed by atoms with Crippen LogP contribution in [0.15, 0.2) is 0 Å². The predicted octanol–water partition coefficient (Wildman–Crippen LogP) is -2.79. The van der Waals surface area contributed by atoms with E-state index >= 15 is 0 Å². The molecule has 12 N–H and O–H groups in total. The molecule has 0 aromatic carbocycles. The van der Waals surface area contributed by atoms with E-state index < -0.39 is 8.67 Å². The van der Waals surface area contributed by atoms with Crippen LogP contribution in [0.2, 0.25) is 0 Å². The first-order valence-corrected chi connectivity index (χ1v) is 10.2. The summed E-state index contributed by atoms with van der Waals surface area (Å²) in [5.74, 6) is 0. The van der Waals surface area contributed by atoms with Gasteiger partial charge in [0.15, 0.2) is 0 Å². The lowest BCUT2D eigenvalue weighted by Gasteiger charge is -1.59. The van der Waals surface area contributed by atoms with Crippen molar-refractivity contribution in [1.29, 1.82) is 0 Å². The van der Waals surface area contributed by atoms with E-state index in [1.165, 1.54) is 0 Å². The Morgan fingerprint density at radius 1 is 0.500 bits per heavy atom. The summed E-state index contributed by atoms with van der Waals surface area (Å²) < 4.78 is 0. The van der Waals surface area contributed by atoms with Crippen LogP contribution < -0.4 is 0 Å². The van der Waals surface area contributed by atoms with Gasteiger partial charge in [0.2, 0.25) is 0 Å². The molecule has 0 aromatic rings. The third-order valence-electron chi connectivity index (χ3n) is 0. The first-order chi connectivity index (χ1) is 1.73. The quantitative estimate of drug-likeness (QED) is 0.396. The fraction of sp³-hybridized carbons (Fsp3) is 0. The molecule has 0 saturated heterocycles. The summed E-state index contributed by atoms with van der Waals surface area (Å²) in [4.78, 5) is 0. The number of hydrogen-bond donors (Lipinski definition) is 0. The molecule has 0 aliphatic rings. The van der Waals surface area contributed by atoms with Crippen LogP contribution in [0.3, 0.4) is 0 Å². The second-order valence-electron chi connectivity index (χ2n) is 0.247. The first-order valence-electron chi connectivity index (χ1n) is 0.655. The van der Waals surface area contributed by atoms with Crippen LogP contribution in [-0.4, -0.2) is 41.5 Å². The Balaban J connectivity index is -0.00000000300. The molecule has 0 bridgehead atoms. The van der Waals surface area contributed by atoms with Crippen LogP contribution in [0.25, 0.3) is 0 Å². The van der Waals surface area contributed by atoms with E-state index in [-0.39, 0.29) is 32.9 Å². The highest BCUT2D eigenvalue weighted by molar-refractivity contribution is 9.69. The van der Waals surface area contributed by atoms with Gasteiger partial charge in [-0.25, -0.2) is 0 Å². The lowest BCUT2D eigenvalue weighted by Crippen LogP contribution is -1.60. The van der Waals surface area contributed by atoms with Gasteiger partial charge in [-0.05, 0) is 0 Å². The van der Waals surface area contributed by atoms with Crippen LogP contribution in [-0.2, 0) is 0 Å². The average Bonchev–Trinajstić information content (AvgIpc) is 0.811. The van der Waals surface area contributed by atoms with E-state index in [0.29, 0.717) is 0 Å². The van der Waals surface area contributed by atoms with Gasteiger partial charge in [-0.3, -0.25) is 0 Å². The molecule has 0 fully saturated rings. The highest BCUT2D eigenvalue weighted by Gasteiger charge is 1.95. The van der Waals surface area contributed by atoms with Crippen molar-refractivity contribution in [3.05, 3.63) is 0 Å². The Labute approximate surface area is 83.2 Å². The third-order valence-corrected chi connectivity index (χ3v) is 0. The minimum absolute atomic E-state index is 0. The Hall–Kier alpha value is 1.73. The Kier molecular flexibility index (Phi) is 274. The Morgan fingerprint density at radius 3 is 0.500 bits per heavy atom. The van der Waals surface area contributed by atoms with E-state index in [1.807, 2.05) is 0 Å². The van der Waals surface area contributed by atoms with Gasteiger partial charge < -0.3 is 32.9 Å². The van der Waals surface area contributed by atoms with Gasteiger partial charge in [-0.15, -0.1) is 0 Å². The summed E-state index contributed by atoms with van der Waals surface area (Å²) in [6.45, 7) is 0. The lowest BCUT2D eigenvalue weighted by atomic mass is 16.0. The highest BCUT2D eigenvalue weighted by atomic mass is 80.0. The minimum atomic E-state index is -0.701. The molecule has 0 heterocycles. The molecular weight excluding hydrogens is 363 g/mol. The largest absolute Gasteiger partial charge is 0.542 e. The number of hydrogen-bond acceptors (Lipinski definition) is 0. The molecule has 0 aliphatic heterocycles. The molecule has 0 spiro atoms. The fourth-order valence-electron chi connectivity index (χ4n) is 0. The summed E-state index contributed by atoms with van der Waals surface area (Å²) in [6, 6.07) is 0. The maximum Gasteiger partial charge on any atom is 0.542 e. The van der Waals surface area contributed by atoms with Crippen LogP contribution in [0.5, 0.6) is 0 Å². The van der Waals surface area contributed by atoms with Crippen LogP contribution in [0.1, 0.15) is 0 Å². The molecule has 0 amide bonds. The van der Waals surface area contributed by atoms with Gasteiger partial charge in [-0.1, -0.05) is 0 Å². The summed E-state index contributed by atoms with van der Waals surface area (Å²) in [5, 5.41) is 0. The maximum absolute atomic E-state index is 3.24. The zero-order valence-corrected chi connectivity index (χ0v) is 10.6. The van der Waals surface area contributed by atoms with Gasteiger partial charge in [0, 0.05) is 0 Å². The molecule has 0 aliphatic carbocycles. The van der Waals surface area contributed by atoms with Crippen molar-refractivity contribution in [3.63, 3.8) is 0 Å². The van der Waals surface area contributed by atoms with Crippen molar-refractivity contribution in [2.24, 2.45) is 0 Å². The molecule has 10 heavy (non-hydrogen) atoms. The second kappa shape index (κ2) is 45.4. The molecule has 6 nitrogen and oxygen atoms in total. The maximum atomic E-state index is 3.24. The smallest absolute Gasteiger partial charge is 0.412 e. The zero-order chi connectivity index (χ0) is 3.58. The van der Waals surface area contributed by atoms with Crippen LogP contribution >= 0.6 is 42.2 Å². The van der Waals surface area contributed by atoms with Gasteiger partial charge in [-0.2, -0.15) is 42.2 Å². The number of rotatable bonds is 0. The summed E-state index contributed by atoms with van der Waals surface area (Å²) in [6.07, 6.45) is 0. The normalized spacial score (nSPS) is 2.70. The summed E-state index contributed by atoms with van der Waals surface area (Å²) in [5.41, 5.74) is 0. The average molecular weight is 375 g/mol. The van der Waals surface area contributed by atoms with E-state index in [2.05, 4.69) is 42.2 Å². The van der Waals surface area contributed by atoms with E-state index in [0.717, 1.165) is 0 Å². The molecule has 0 atom stereocenters. The summed E-state index contributed by atoms with van der Waals surface area (Å²) >= 11 is 9.73. The van der Waals surface area contributed by atoms with Gasteiger partial charge >= 0.3 is 8.67 Å². The second-order valence-corrected chi connectivity index (χ2v) is 20.0. The van der Waals surface area contributed by atoms with Crippen molar-refractivity contribution >= 4 is 50.8 Å². The van der Waals surface area contributed by atoms with Crippen LogP contribution in [0, 0.1) is 0 Å². The summed E-state index contributed by atoms with van der Waals surface area (Å²) in [7, 11) is -0.701. The monoisotopic (exact) mass is 372 g/mol. The van der Waals surface area contributed by atoms with Crippen molar-refractivity contribution < 1.29 is 32.9 Å². The van der Waals surface area contributed by atoms with Gasteiger partial charge in [0.05, 0.1) is 0 Å². The third kappa shape index (κ3) is 247. The van der Waals surface area contributed by atoms with Gasteiger partial charge in [0.1, 0.15) is 0 Å². The fourth-order valence-corrected chi connectivity index (χ4v) is 0. The number of halogens is 3. The zero-order valence-electron chi connectivity index (χ0n) is 4.71. The Bertz CT molecular complexity index is 17.7. The minimum Gasteiger partial charge on any atom is -0.412 e.